The fourth-order valence-electron chi connectivity index (χ4n) is 8.59. The topological polar surface area (TPSA) is 75.1 Å². The highest BCUT2D eigenvalue weighted by Crippen LogP contribution is 2.70. The summed E-state index contributed by atoms with van der Waals surface area (Å²) in [5.41, 5.74) is 2.87. The summed E-state index contributed by atoms with van der Waals surface area (Å²) in [4.78, 5) is 4.31. The van der Waals surface area contributed by atoms with Crippen LogP contribution in [0.15, 0.2) is 60.0 Å². The molecule has 9 atom stereocenters. The van der Waals surface area contributed by atoms with E-state index in [1.165, 1.54) is 22.1 Å². The van der Waals surface area contributed by atoms with Crippen molar-refractivity contribution >= 4 is 10.8 Å². The first-order valence-electron chi connectivity index (χ1n) is 12.4. The number of hydrogen-bond donors (Lipinski definition) is 2. The average Bonchev–Trinajstić information content (AvgIpc) is 3.49. The van der Waals surface area contributed by atoms with Crippen LogP contribution in [-0.2, 0) is 9.47 Å². The molecule has 1 aromatic carbocycles. The van der Waals surface area contributed by atoms with E-state index in [2.05, 4.69) is 42.3 Å². The maximum atomic E-state index is 11.5. The predicted molar refractivity (Wildman–Crippen MR) is 123 cm³/mol. The van der Waals surface area contributed by atoms with E-state index in [1.807, 2.05) is 18.5 Å². The number of fused-ring (bicyclic) bond motifs is 4. The van der Waals surface area contributed by atoms with Crippen molar-refractivity contribution in [2.75, 3.05) is 0 Å². The van der Waals surface area contributed by atoms with Crippen molar-refractivity contribution in [2.24, 2.45) is 11.3 Å². The van der Waals surface area contributed by atoms with Crippen LogP contribution in [0.4, 0.5) is 0 Å². The molecule has 5 heteroatoms. The molecule has 0 amide bonds. The van der Waals surface area contributed by atoms with Gasteiger partial charge in [-0.1, -0.05) is 31.2 Å². The number of hydrogen-bond acceptors (Lipinski definition) is 5. The molecular weight excluding hydrogens is 414 g/mol. The molecule has 2 N–H and O–H groups in total. The first-order valence-corrected chi connectivity index (χ1v) is 12.4. The Labute approximate surface area is 193 Å². The van der Waals surface area contributed by atoms with Gasteiger partial charge in [0, 0.05) is 36.0 Å². The van der Waals surface area contributed by atoms with E-state index in [0.717, 1.165) is 31.1 Å². The molecule has 8 rings (SSSR count). The summed E-state index contributed by atoms with van der Waals surface area (Å²) in [5.74, 6) is 0.291. The molecule has 4 fully saturated rings. The first kappa shape index (κ1) is 19.3. The molecule has 4 heterocycles. The number of nitrogens with zero attached hydrogens (tertiary/aromatic N) is 1. The number of aromatic nitrogens is 1. The zero-order chi connectivity index (χ0) is 22.2. The SMILES string of the molecule is C[C@]12CC=C3C=C4[C@H]5O[C@H]5[C@@H](O)C[C@]45CCC3(O5)[C@@H]1C[C@@H](O)[C@@H]2c1ccc2ccncc2c1. The monoisotopic (exact) mass is 443 g/mol. The summed E-state index contributed by atoms with van der Waals surface area (Å²) in [7, 11) is 0. The van der Waals surface area contributed by atoms with Crippen molar-refractivity contribution in [3.05, 3.63) is 65.5 Å². The van der Waals surface area contributed by atoms with Crippen molar-refractivity contribution < 1.29 is 19.7 Å². The van der Waals surface area contributed by atoms with E-state index in [4.69, 9.17) is 9.47 Å². The molecule has 6 aliphatic rings. The molecule has 2 saturated carbocycles. The number of aliphatic hydroxyl groups is 2. The highest BCUT2D eigenvalue weighted by molar-refractivity contribution is 5.82. The van der Waals surface area contributed by atoms with Gasteiger partial charge in [-0.3, -0.25) is 4.98 Å². The number of pyridine rings is 1. The molecule has 3 aliphatic heterocycles. The minimum atomic E-state index is -0.448. The van der Waals surface area contributed by atoms with Gasteiger partial charge < -0.3 is 19.7 Å². The third kappa shape index (κ3) is 2.25. The van der Waals surface area contributed by atoms with Crippen LogP contribution in [0.2, 0.25) is 0 Å². The van der Waals surface area contributed by atoms with Crippen molar-refractivity contribution in [2.45, 2.75) is 80.6 Å². The molecule has 2 saturated heterocycles. The Bertz CT molecular complexity index is 1270. The molecule has 170 valence electrons. The number of rotatable bonds is 1. The lowest BCUT2D eigenvalue weighted by Crippen LogP contribution is -2.55. The van der Waals surface area contributed by atoms with Gasteiger partial charge >= 0.3 is 0 Å². The van der Waals surface area contributed by atoms with Gasteiger partial charge in [0.15, 0.2) is 0 Å². The molecule has 2 aromatic rings. The van der Waals surface area contributed by atoms with Crippen molar-refractivity contribution in [3.63, 3.8) is 0 Å². The van der Waals surface area contributed by atoms with Crippen LogP contribution in [-0.4, -0.2) is 50.8 Å². The van der Waals surface area contributed by atoms with E-state index in [-0.39, 0.29) is 35.1 Å². The van der Waals surface area contributed by atoms with Crippen LogP contribution in [0.1, 0.15) is 50.5 Å². The Hall–Kier alpha value is -2.05. The fourth-order valence-corrected chi connectivity index (χ4v) is 8.59. The van der Waals surface area contributed by atoms with Crippen LogP contribution < -0.4 is 0 Å². The molecule has 2 spiro atoms. The number of allylic oxidation sites excluding steroid dienone is 1. The first-order chi connectivity index (χ1) is 15.9. The Morgan fingerprint density at radius 2 is 2.00 bits per heavy atom. The van der Waals surface area contributed by atoms with E-state index in [9.17, 15) is 10.2 Å². The van der Waals surface area contributed by atoms with E-state index < -0.39 is 17.8 Å². The average molecular weight is 444 g/mol. The number of epoxide rings is 1. The van der Waals surface area contributed by atoms with E-state index in [0.29, 0.717) is 6.42 Å². The van der Waals surface area contributed by atoms with Gasteiger partial charge in [-0.05, 0) is 65.3 Å². The smallest absolute Gasteiger partial charge is 0.114 e. The summed E-state index contributed by atoms with van der Waals surface area (Å²) >= 11 is 0. The lowest BCUT2D eigenvalue weighted by molar-refractivity contribution is -0.141. The van der Waals surface area contributed by atoms with Crippen molar-refractivity contribution in [1.82, 2.24) is 4.98 Å². The van der Waals surface area contributed by atoms with Gasteiger partial charge in [-0.15, -0.1) is 0 Å². The summed E-state index contributed by atoms with van der Waals surface area (Å²) < 4.78 is 13.0. The molecule has 3 aliphatic carbocycles. The maximum absolute atomic E-state index is 11.5. The normalized spacial score (nSPS) is 48.9. The summed E-state index contributed by atoms with van der Waals surface area (Å²) in [6.07, 6.45) is 11.8. The minimum Gasteiger partial charge on any atom is -0.392 e. The molecule has 2 bridgehead atoms. The van der Waals surface area contributed by atoms with Crippen molar-refractivity contribution in [1.29, 1.82) is 0 Å². The molecular formula is C28H29NO4. The third-order valence-corrected chi connectivity index (χ3v) is 10.1. The van der Waals surface area contributed by atoms with Crippen LogP contribution in [0, 0.1) is 11.3 Å². The highest BCUT2D eigenvalue weighted by Gasteiger charge is 2.71. The summed E-state index contributed by atoms with van der Waals surface area (Å²) in [6, 6.07) is 8.61. The van der Waals surface area contributed by atoms with Crippen LogP contribution in [0.25, 0.3) is 10.8 Å². The second-order valence-electron chi connectivity index (χ2n) is 11.6. The zero-order valence-corrected chi connectivity index (χ0v) is 18.8. The predicted octanol–water partition coefficient (Wildman–Crippen LogP) is 3.80. The Balaban J connectivity index is 1.24. The number of aliphatic hydroxyl groups excluding tert-OH is 2. The molecule has 1 unspecified atom stereocenters. The standard InChI is InChI=1S/C28H29NO4/c1-26-6-4-18-11-19-24-25(32-24)21(31)13-27(19)7-8-28(18,33-27)22(26)12-20(30)23(26)16-3-2-15-5-9-29-14-17(15)10-16/h2-5,9-11,14,20-25,30-31H,6-8,12-13H2,1H3/t20-,21+,22-,23+,24-,25+,26+,27-,28?/m1/s1. The molecule has 0 radical (unpaired) electrons. The van der Waals surface area contributed by atoms with E-state index in [1.54, 1.807) is 0 Å². The van der Waals surface area contributed by atoms with Gasteiger partial charge in [0.25, 0.3) is 0 Å². The lowest BCUT2D eigenvalue weighted by Gasteiger charge is -2.53. The van der Waals surface area contributed by atoms with Gasteiger partial charge in [-0.25, -0.2) is 0 Å². The maximum Gasteiger partial charge on any atom is 0.114 e. The van der Waals surface area contributed by atoms with Crippen LogP contribution in [0.3, 0.4) is 0 Å². The Morgan fingerprint density at radius 3 is 2.91 bits per heavy atom. The van der Waals surface area contributed by atoms with Gasteiger partial charge in [0.2, 0.25) is 0 Å². The Kier molecular flexibility index (Phi) is 3.48. The largest absolute Gasteiger partial charge is 0.392 e. The summed E-state index contributed by atoms with van der Waals surface area (Å²) in [6.45, 7) is 2.36. The van der Waals surface area contributed by atoms with Crippen molar-refractivity contribution in [3.8, 4) is 0 Å². The number of benzene rings is 1. The minimum absolute atomic E-state index is 0.0205. The van der Waals surface area contributed by atoms with Gasteiger partial charge in [-0.2, -0.15) is 0 Å². The van der Waals surface area contributed by atoms with Crippen LogP contribution >= 0.6 is 0 Å². The second-order valence-corrected chi connectivity index (χ2v) is 11.6. The van der Waals surface area contributed by atoms with Gasteiger partial charge in [0.05, 0.1) is 23.4 Å². The van der Waals surface area contributed by atoms with Crippen LogP contribution in [0.5, 0.6) is 0 Å². The highest BCUT2D eigenvalue weighted by atomic mass is 16.6. The second kappa shape index (κ2) is 5.95. The quantitative estimate of drug-likeness (QED) is 0.656. The Morgan fingerprint density at radius 1 is 1.09 bits per heavy atom. The molecule has 1 aromatic heterocycles. The van der Waals surface area contributed by atoms with E-state index >= 15 is 0 Å². The number of ether oxygens (including phenoxy) is 2. The summed E-state index contributed by atoms with van der Waals surface area (Å²) in [5, 5.41) is 24.4. The fraction of sp³-hybridized carbons (Fsp3) is 0.536. The third-order valence-electron chi connectivity index (χ3n) is 10.1. The zero-order valence-electron chi connectivity index (χ0n) is 18.8. The molecule has 33 heavy (non-hydrogen) atoms. The molecule has 5 nitrogen and oxygen atoms in total. The van der Waals surface area contributed by atoms with Gasteiger partial charge in [0.1, 0.15) is 12.2 Å². The lowest BCUT2D eigenvalue weighted by atomic mass is 9.58.